The van der Waals surface area contributed by atoms with Crippen LogP contribution >= 0.6 is 11.8 Å². The van der Waals surface area contributed by atoms with E-state index in [1.165, 1.54) is 10.5 Å². The number of thioether (sulfide) groups is 1. The largest absolute Gasteiger partial charge is 0.311 e. The Hall–Kier alpha value is -1.75. The first-order valence-corrected chi connectivity index (χ1v) is 7.37. The van der Waals surface area contributed by atoms with Crippen LogP contribution in [0.25, 0.3) is 0 Å². The molecule has 0 saturated heterocycles. The van der Waals surface area contributed by atoms with E-state index in [0.717, 1.165) is 11.4 Å². The lowest BCUT2D eigenvalue weighted by atomic mass is 9.87. The van der Waals surface area contributed by atoms with Crippen molar-refractivity contribution in [3.05, 3.63) is 41.6 Å². The second kappa shape index (κ2) is 4.74. The van der Waals surface area contributed by atoms with Gasteiger partial charge in [-0.05, 0) is 24.0 Å². The highest BCUT2D eigenvalue weighted by Crippen LogP contribution is 2.36. The van der Waals surface area contributed by atoms with Crippen LogP contribution in [-0.2, 0) is 11.8 Å². The monoisotopic (exact) mass is 273 g/mol. The van der Waals surface area contributed by atoms with Crippen LogP contribution in [0.2, 0.25) is 0 Å². The molecular formula is C14H15N3OS. The molecule has 2 heterocycles. The van der Waals surface area contributed by atoms with Crippen LogP contribution in [0, 0.1) is 0 Å². The molecule has 5 heteroatoms. The maximum absolute atomic E-state index is 11.8. The van der Waals surface area contributed by atoms with Crippen molar-refractivity contribution in [1.82, 2.24) is 9.78 Å². The standard InChI is InChI=1S/C14H15N3OS/c1-17-14-12(8-15-17)11(7-13(18)16-14)9-3-5-10(19-2)6-4-9/h3-6,8,11H,7H2,1-2H3,(H,16,18). The third-order valence-electron chi connectivity index (χ3n) is 3.51. The number of anilines is 1. The molecule has 1 aromatic heterocycles. The van der Waals surface area contributed by atoms with Gasteiger partial charge in [-0.1, -0.05) is 12.1 Å². The number of amides is 1. The molecule has 1 atom stereocenters. The normalized spacial score (nSPS) is 18.0. The number of nitrogens with one attached hydrogen (secondary N) is 1. The highest BCUT2D eigenvalue weighted by atomic mass is 32.2. The molecule has 1 aromatic carbocycles. The first-order valence-electron chi connectivity index (χ1n) is 6.14. The van der Waals surface area contributed by atoms with Crippen molar-refractivity contribution in [3.63, 3.8) is 0 Å². The number of aromatic nitrogens is 2. The molecule has 0 aliphatic carbocycles. The molecule has 0 spiro atoms. The highest BCUT2D eigenvalue weighted by molar-refractivity contribution is 7.98. The minimum absolute atomic E-state index is 0.0510. The Kier molecular flexibility index (Phi) is 3.06. The molecule has 4 nitrogen and oxygen atoms in total. The predicted molar refractivity (Wildman–Crippen MR) is 76.5 cm³/mol. The zero-order valence-corrected chi connectivity index (χ0v) is 11.7. The van der Waals surface area contributed by atoms with Crippen molar-refractivity contribution in [1.29, 1.82) is 0 Å². The summed E-state index contributed by atoms with van der Waals surface area (Å²) in [4.78, 5) is 13.1. The average molecular weight is 273 g/mol. The number of hydrogen-bond acceptors (Lipinski definition) is 3. The van der Waals surface area contributed by atoms with Gasteiger partial charge in [-0.15, -0.1) is 11.8 Å². The van der Waals surface area contributed by atoms with E-state index in [-0.39, 0.29) is 11.8 Å². The van der Waals surface area contributed by atoms with E-state index in [1.807, 2.05) is 13.2 Å². The van der Waals surface area contributed by atoms with Crippen molar-refractivity contribution in [2.45, 2.75) is 17.2 Å². The number of hydrogen-bond donors (Lipinski definition) is 1. The molecule has 1 unspecified atom stereocenters. The minimum Gasteiger partial charge on any atom is -0.311 e. The molecule has 1 amide bonds. The number of carbonyl (C=O) groups excluding carboxylic acids is 1. The summed E-state index contributed by atoms with van der Waals surface area (Å²) in [6.45, 7) is 0. The Labute approximate surface area is 116 Å². The molecule has 19 heavy (non-hydrogen) atoms. The van der Waals surface area contributed by atoms with Crippen LogP contribution in [0.1, 0.15) is 23.5 Å². The van der Waals surface area contributed by atoms with E-state index in [2.05, 4.69) is 40.9 Å². The van der Waals surface area contributed by atoms with Crippen molar-refractivity contribution in [2.75, 3.05) is 11.6 Å². The first-order chi connectivity index (χ1) is 9.19. The van der Waals surface area contributed by atoms with Gasteiger partial charge in [0.05, 0.1) is 6.20 Å². The summed E-state index contributed by atoms with van der Waals surface area (Å²) in [5.41, 5.74) is 2.26. The second-order valence-electron chi connectivity index (χ2n) is 4.65. The molecule has 1 aliphatic rings. The van der Waals surface area contributed by atoms with Crippen molar-refractivity contribution in [3.8, 4) is 0 Å². The van der Waals surface area contributed by atoms with Gasteiger partial charge in [-0.2, -0.15) is 5.10 Å². The van der Waals surface area contributed by atoms with Gasteiger partial charge in [0, 0.05) is 29.8 Å². The summed E-state index contributed by atoms with van der Waals surface area (Å²) in [6, 6.07) is 8.41. The Morgan fingerprint density at radius 1 is 1.37 bits per heavy atom. The summed E-state index contributed by atoms with van der Waals surface area (Å²) in [5.74, 6) is 0.971. The molecule has 98 valence electrons. The van der Waals surface area contributed by atoms with Gasteiger partial charge in [0.1, 0.15) is 5.82 Å². The third-order valence-corrected chi connectivity index (χ3v) is 4.25. The topological polar surface area (TPSA) is 46.9 Å². The van der Waals surface area contributed by atoms with Gasteiger partial charge in [0.2, 0.25) is 5.91 Å². The van der Waals surface area contributed by atoms with E-state index < -0.39 is 0 Å². The number of carbonyl (C=O) groups is 1. The molecule has 2 aromatic rings. The number of aryl methyl sites for hydroxylation is 1. The predicted octanol–water partition coefficient (Wildman–Crippen LogP) is 2.62. The minimum atomic E-state index is 0.0510. The Bertz CT molecular complexity index is 618. The van der Waals surface area contributed by atoms with Gasteiger partial charge in [0.25, 0.3) is 0 Å². The average Bonchev–Trinajstić information content (AvgIpc) is 2.80. The van der Waals surface area contributed by atoms with Gasteiger partial charge in [-0.25, -0.2) is 0 Å². The lowest BCUT2D eigenvalue weighted by Gasteiger charge is -2.23. The van der Waals surface area contributed by atoms with E-state index in [1.54, 1.807) is 16.4 Å². The fourth-order valence-electron chi connectivity index (χ4n) is 2.47. The molecule has 3 rings (SSSR count). The van der Waals surface area contributed by atoms with Crippen LogP contribution in [0.15, 0.2) is 35.4 Å². The lowest BCUT2D eigenvalue weighted by molar-refractivity contribution is -0.116. The van der Waals surface area contributed by atoms with E-state index in [9.17, 15) is 4.79 Å². The molecule has 0 saturated carbocycles. The maximum atomic E-state index is 11.8. The molecular weight excluding hydrogens is 258 g/mol. The highest BCUT2D eigenvalue weighted by Gasteiger charge is 2.29. The zero-order chi connectivity index (χ0) is 13.4. The number of rotatable bonds is 2. The Morgan fingerprint density at radius 2 is 2.11 bits per heavy atom. The van der Waals surface area contributed by atoms with Gasteiger partial charge >= 0.3 is 0 Å². The number of fused-ring (bicyclic) bond motifs is 1. The van der Waals surface area contributed by atoms with E-state index in [0.29, 0.717) is 6.42 Å². The van der Waals surface area contributed by atoms with Crippen LogP contribution < -0.4 is 5.32 Å². The fraction of sp³-hybridized carbons (Fsp3) is 0.286. The number of benzene rings is 1. The molecule has 1 N–H and O–H groups in total. The second-order valence-corrected chi connectivity index (χ2v) is 5.53. The quantitative estimate of drug-likeness (QED) is 0.856. The van der Waals surface area contributed by atoms with E-state index >= 15 is 0 Å². The lowest BCUT2D eigenvalue weighted by Crippen LogP contribution is -2.24. The summed E-state index contributed by atoms with van der Waals surface area (Å²) >= 11 is 1.72. The Balaban J connectivity index is 2.02. The number of nitrogens with zero attached hydrogens (tertiary/aromatic N) is 2. The van der Waals surface area contributed by atoms with Gasteiger partial charge in [-0.3, -0.25) is 9.48 Å². The van der Waals surface area contributed by atoms with Gasteiger partial charge in [0.15, 0.2) is 0 Å². The molecule has 0 bridgehead atoms. The SMILES string of the molecule is CSc1ccc(C2CC(=O)Nc3c2cnn3C)cc1. The molecule has 0 fully saturated rings. The summed E-state index contributed by atoms with van der Waals surface area (Å²) < 4.78 is 1.72. The van der Waals surface area contributed by atoms with Crippen molar-refractivity contribution < 1.29 is 4.79 Å². The van der Waals surface area contributed by atoms with Crippen LogP contribution in [0.5, 0.6) is 0 Å². The van der Waals surface area contributed by atoms with E-state index in [4.69, 9.17) is 0 Å². The summed E-state index contributed by atoms with van der Waals surface area (Å²) in [5, 5.41) is 7.13. The fourth-order valence-corrected chi connectivity index (χ4v) is 2.88. The van der Waals surface area contributed by atoms with Gasteiger partial charge < -0.3 is 5.32 Å². The first kappa shape index (κ1) is 12.3. The summed E-state index contributed by atoms with van der Waals surface area (Å²) in [6.07, 6.45) is 4.39. The third kappa shape index (κ3) is 2.14. The smallest absolute Gasteiger partial charge is 0.226 e. The van der Waals surface area contributed by atoms with Crippen LogP contribution in [0.4, 0.5) is 5.82 Å². The molecule has 0 radical (unpaired) electrons. The van der Waals surface area contributed by atoms with Crippen molar-refractivity contribution >= 4 is 23.5 Å². The zero-order valence-electron chi connectivity index (χ0n) is 10.9. The van der Waals surface area contributed by atoms with Crippen LogP contribution in [-0.4, -0.2) is 21.9 Å². The maximum Gasteiger partial charge on any atom is 0.226 e. The molecule has 1 aliphatic heterocycles. The summed E-state index contributed by atoms with van der Waals surface area (Å²) in [7, 11) is 1.85. The Morgan fingerprint density at radius 3 is 2.79 bits per heavy atom. The van der Waals surface area contributed by atoms with Crippen molar-refractivity contribution in [2.24, 2.45) is 7.05 Å². The van der Waals surface area contributed by atoms with Crippen LogP contribution in [0.3, 0.4) is 0 Å².